The van der Waals surface area contributed by atoms with Crippen molar-refractivity contribution < 1.29 is 9.53 Å². The second kappa shape index (κ2) is 6.60. The van der Waals surface area contributed by atoms with Gasteiger partial charge in [-0.1, -0.05) is 32.9 Å². The Labute approximate surface area is 131 Å². The highest BCUT2D eigenvalue weighted by Gasteiger charge is 2.17. The first-order valence-electron chi connectivity index (χ1n) is 7.43. The molecule has 2 rings (SSSR count). The number of ether oxygens (including phenoxy) is 1. The molecular formula is C18H22N2O2. The number of hydrogen-bond acceptors (Lipinski definition) is 3. The lowest BCUT2D eigenvalue weighted by Crippen LogP contribution is -2.17. The van der Waals surface area contributed by atoms with E-state index in [2.05, 4.69) is 43.2 Å². The Morgan fingerprint density at radius 1 is 1.18 bits per heavy atom. The number of carbonyl (C=O) groups excluding carboxylic acids is 1. The SMILES string of the molecule is CCC(C)(C)c1ccc(Oc2ccc(C(=O)NC)cn2)cc1. The molecule has 1 N–H and O–H groups in total. The molecule has 0 radical (unpaired) electrons. The van der Waals surface area contributed by atoms with E-state index in [0.717, 1.165) is 12.2 Å². The van der Waals surface area contributed by atoms with Gasteiger partial charge >= 0.3 is 0 Å². The second-order valence-electron chi connectivity index (χ2n) is 5.83. The lowest BCUT2D eigenvalue weighted by molar-refractivity contribution is 0.0962. The molecule has 0 saturated heterocycles. The predicted octanol–water partition coefficient (Wildman–Crippen LogP) is 3.92. The summed E-state index contributed by atoms with van der Waals surface area (Å²) in [5.41, 5.74) is 1.95. The van der Waals surface area contributed by atoms with Crippen molar-refractivity contribution >= 4 is 5.91 Å². The zero-order valence-corrected chi connectivity index (χ0v) is 13.5. The third kappa shape index (κ3) is 3.64. The van der Waals surface area contributed by atoms with E-state index in [1.165, 1.54) is 11.8 Å². The van der Waals surface area contributed by atoms with Crippen molar-refractivity contribution in [2.24, 2.45) is 0 Å². The van der Waals surface area contributed by atoms with Crippen molar-refractivity contribution in [3.63, 3.8) is 0 Å². The summed E-state index contributed by atoms with van der Waals surface area (Å²) in [6.07, 6.45) is 2.58. The van der Waals surface area contributed by atoms with E-state index in [1.54, 1.807) is 19.2 Å². The van der Waals surface area contributed by atoms with Crippen LogP contribution in [0.25, 0.3) is 0 Å². The quantitative estimate of drug-likeness (QED) is 0.910. The largest absolute Gasteiger partial charge is 0.439 e. The van der Waals surface area contributed by atoms with Crippen molar-refractivity contribution in [1.29, 1.82) is 0 Å². The van der Waals surface area contributed by atoms with Gasteiger partial charge in [0.05, 0.1) is 5.56 Å². The van der Waals surface area contributed by atoms with Gasteiger partial charge in [-0.25, -0.2) is 4.98 Å². The fraction of sp³-hybridized carbons (Fsp3) is 0.333. The summed E-state index contributed by atoms with van der Waals surface area (Å²) in [7, 11) is 1.59. The van der Waals surface area contributed by atoms with Gasteiger partial charge in [-0.2, -0.15) is 0 Å². The van der Waals surface area contributed by atoms with Crippen LogP contribution in [0.5, 0.6) is 11.6 Å². The molecule has 0 aliphatic heterocycles. The van der Waals surface area contributed by atoms with Gasteiger partial charge in [0.2, 0.25) is 5.88 Å². The van der Waals surface area contributed by atoms with Crippen molar-refractivity contribution in [3.8, 4) is 11.6 Å². The fourth-order valence-corrected chi connectivity index (χ4v) is 2.02. The maximum atomic E-state index is 11.5. The molecule has 0 bridgehead atoms. The molecule has 0 unspecified atom stereocenters. The van der Waals surface area contributed by atoms with Crippen LogP contribution in [0.1, 0.15) is 43.1 Å². The number of hydrogen-bond donors (Lipinski definition) is 1. The molecule has 22 heavy (non-hydrogen) atoms. The monoisotopic (exact) mass is 298 g/mol. The first-order chi connectivity index (χ1) is 10.5. The number of nitrogens with one attached hydrogen (secondary N) is 1. The van der Waals surface area contributed by atoms with Gasteiger partial charge in [0.15, 0.2) is 0 Å². The predicted molar refractivity (Wildman–Crippen MR) is 87.5 cm³/mol. The van der Waals surface area contributed by atoms with Gasteiger partial charge in [0, 0.05) is 19.3 Å². The first-order valence-corrected chi connectivity index (χ1v) is 7.43. The number of amides is 1. The highest BCUT2D eigenvalue weighted by Crippen LogP contribution is 2.29. The standard InChI is InChI=1S/C18H22N2O2/c1-5-18(2,3)14-7-9-15(10-8-14)22-16-11-6-13(12-20-16)17(21)19-4/h6-12H,5H2,1-4H3,(H,19,21). The molecule has 0 aliphatic carbocycles. The average molecular weight is 298 g/mol. The van der Waals surface area contributed by atoms with Crippen LogP contribution < -0.4 is 10.1 Å². The van der Waals surface area contributed by atoms with Crippen LogP contribution in [0.3, 0.4) is 0 Å². The van der Waals surface area contributed by atoms with Gasteiger partial charge in [-0.05, 0) is 35.6 Å². The number of carbonyl (C=O) groups is 1. The molecule has 4 heteroatoms. The third-order valence-electron chi connectivity index (χ3n) is 3.97. The summed E-state index contributed by atoms with van der Waals surface area (Å²) in [6, 6.07) is 11.4. The molecule has 0 fully saturated rings. The molecule has 0 saturated carbocycles. The van der Waals surface area contributed by atoms with E-state index in [1.807, 2.05) is 12.1 Å². The summed E-state index contributed by atoms with van der Waals surface area (Å²) in [5, 5.41) is 2.56. The highest BCUT2D eigenvalue weighted by molar-refractivity contribution is 5.93. The molecular weight excluding hydrogens is 276 g/mol. The normalized spacial score (nSPS) is 11.1. The molecule has 116 valence electrons. The minimum absolute atomic E-state index is 0.159. The Hall–Kier alpha value is -2.36. The van der Waals surface area contributed by atoms with Gasteiger partial charge in [-0.15, -0.1) is 0 Å². The lowest BCUT2D eigenvalue weighted by atomic mass is 9.82. The summed E-state index contributed by atoms with van der Waals surface area (Å²) in [6.45, 7) is 6.63. The summed E-state index contributed by atoms with van der Waals surface area (Å²) in [4.78, 5) is 15.6. The number of benzene rings is 1. The zero-order chi connectivity index (χ0) is 16.2. The smallest absolute Gasteiger partial charge is 0.252 e. The van der Waals surface area contributed by atoms with E-state index in [9.17, 15) is 4.79 Å². The summed E-state index contributed by atoms with van der Waals surface area (Å²) in [5.74, 6) is 1.04. The molecule has 0 aliphatic rings. The Balaban J connectivity index is 2.09. The molecule has 2 aromatic rings. The summed E-state index contributed by atoms with van der Waals surface area (Å²) >= 11 is 0. The number of nitrogens with zero attached hydrogens (tertiary/aromatic N) is 1. The minimum Gasteiger partial charge on any atom is -0.439 e. The van der Waals surface area contributed by atoms with Gasteiger partial charge in [-0.3, -0.25) is 4.79 Å². The van der Waals surface area contributed by atoms with E-state index in [-0.39, 0.29) is 11.3 Å². The van der Waals surface area contributed by atoms with E-state index in [4.69, 9.17) is 4.74 Å². The van der Waals surface area contributed by atoms with E-state index in [0.29, 0.717) is 11.4 Å². The van der Waals surface area contributed by atoms with Crippen LogP contribution in [0.15, 0.2) is 42.6 Å². The van der Waals surface area contributed by atoms with E-state index < -0.39 is 0 Å². The first kappa shape index (κ1) is 16.0. The second-order valence-corrected chi connectivity index (χ2v) is 5.83. The molecule has 0 atom stereocenters. The van der Waals surface area contributed by atoms with Gasteiger partial charge in [0.25, 0.3) is 5.91 Å². The van der Waals surface area contributed by atoms with Crippen molar-refractivity contribution in [2.45, 2.75) is 32.6 Å². The third-order valence-corrected chi connectivity index (χ3v) is 3.97. The van der Waals surface area contributed by atoms with Crippen molar-refractivity contribution in [2.75, 3.05) is 7.05 Å². The zero-order valence-electron chi connectivity index (χ0n) is 13.5. The Bertz CT molecular complexity index is 631. The van der Waals surface area contributed by atoms with Crippen LogP contribution in [-0.4, -0.2) is 17.9 Å². The molecule has 1 heterocycles. The fourth-order valence-electron chi connectivity index (χ4n) is 2.02. The lowest BCUT2D eigenvalue weighted by Gasteiger charge is -2.23. The van der Waals surface area contributed by atoms with Gasteiger partial charge in [0.1, 0.15) is 5.75 Å². The minimum atomic E-state index is -0.162. The van der Waals surface area contributed by atoms with Crippen LogP contribution in [-0.2, 0) is 5.41 Å². The summed E-state index contributed by atoms with van der Waals surface area (Å²) < 4.78 is 5.71. The van der Waals surface area contributed by atoms with E-state index >= 15 is 0 Å². The van der Waals surface area contributed by atoms with Crippen LogP contribution in [0, 0.1) is 0 Å². The molecule has 4 nitrogen and oxygen atoms in total. The Morgan fingerprint density at radius 3 is 2.36 bits per heavy atom. The van der Waals surface area contributed by atoms with Gasteiger partial charge < -0.3 is 10.1 Å². The molecule has 1 aromatic heterocycles. The number of aromatic nitrogens is 1. The topological polar surface area (TPSA) is 51.2 Å². The molecule has 1 amide bonds. The average Bonchev–Trinajstić information content (AvgIpc) is 2.55. The highest BCUT2D eigenvalue weighted by atomic mass is 16.5. The maximum Gasteiger partial charge on any atom is 0.252 e. The Morgan fingerprint density at radius 2 is 1.86 bits per heavy atom. The molecule has 0 spiro atoms. The number of rotatable bonds is 5. The number of pyridine rings is 1. The van der Waals surface area contributed by atoms with Crippen molar-refractivity contribution in [3.05, 3.63) is 53.7 Å². The van der Waals surface area contributed by atoms with Crippen LogP contribution >= 0.6 is 0 Å². The van der Waals surface area contributed by atoms with Crippen molar-refractivity contribution in [1.82, 2.24) is 10.3 Å². The van der Waals surface area contributed by atoms with Crippen LogP contribution in [0.2, 0.25) is 0 Å². The maximum absolute atomic E-state index is 11.5. The molecule has 1 aromatic carbocycles. The Kier molecular flexibility index (Phi) is 4.81. The van der Waals surface area contributed by atoms with Crippen LogP contribution in [0.4, 0.5) is 0 Å².